The van der Waals surface area contributed by atoms with Crippen molar-refractivity contribution in [2.24, 2.45) is 0 Å². The molecule has 0 aliphatic heterocycles. The molecule has 0 atom stereocenters. The average Bonchev–Trinajstić information content (AvgIpc) is 2.64. The Morgan fingerprint density at radius 2 is 1.52 bits per heavy atom. The number of nitro groups is 1. The van der Waals surface area contributed by atoms with Crippen molar-refractivity contribution in [2.75, 3.05) is 28.1 Å². The first-order valence-corrected chi connectivity index (χ1v) is 7.39. The molecule has 2 aromatic rings. The second-order valence-electron chi connectivity index (χ2n) is 4.99. The third kappa shape index (κ3) is 4.71. The lowest BCUT2D eigenvalue weighted by atomic mass is 10.1. The van der Waals surface area contributed by atoms with Gasteiger partial charge in [-0.15, -0.1) is 0 Å². The average molecular weight is 345 g/mol. The van der Waals surface area contributed by atoms with Gasteiger partial charge in [0.1, 0.15) is 0 Å². The van der Waals surface area contributed by atoms with Crippen LogP contribution in [0.25, 0.3) is 12.2 Å². The molecule has 0 aromatic heterocycles. The predicted molar refractivity (Wildman–Crippen MR) is 94.1 cm³/mol. The van der Waals surface area contributed by atoms with Crippen LogP contribution in [0, 0.1) is 10.1 Å². The number of rotatable bonds is 8. The highest BCUT2D eigenvalue weighted by Crippen LogP contribution is 2.39. The van der Waals surface area contributed by atoms with E-state index in [0.717, 1.165) is 11.1 Å². The normalized spacial score (nSPS) is 10.7. The molecule has 0 unspecified atom stereocenters. The van der Waals surface area contributed by atoms with Crippen LogP contribution in [0.4, 0.5) is 5.69 Å². The Labute approximate surface area is 145 Å². The van der Waals surface area contributed by atoms with Crippen molar-refractivity contribution in [3.63, 3.8) is 0 Å². The molecule has 0 aliphatic rings. The fourth-order valence-corrected chi connectivity index (χ4v) is 2.16. The van der Waals surface area contributed by atoms with Crippen molar-refractivity contribution < 1.29 is 23.9 Å². The van der Waals surface area contributed by atoms with Crippen LogP contribution in [0.5, 0.6) is 17.2 Å². The van der Waals surface area contributed by atoms with Gasteiger partial charge in [-0.3, -0.25) is 10.1 Å². The van der Waals surface area contributed by atoms with Crippen LogP contribution in [0.1, 0.15) is 11.1 Å². The molecule has 2 rings (SSSR count). The first-order valence-electron chi connectivity index (χ1n) is 7.39. The Morgan fingerprint density at radius 1 is 0.960 bits per heavy atom. The monoisotopic (exact) mass is 345 g/mol. The third-order valence-corrected chi connectivity index (χ3v) is 3.38. The minimum atomic E-state index is -0.429. The fourth-order valence-electron chi connectivity index (χ4n) is 2.16. The van der Waals surface area contributed by atoms with Crippen molar-refractivity contribution in [1.29, 1.82) is 0 Å². The first-order chi connectivity index (χ1) is 12.1. The highest BCUT2D eigenvalue weighted by molar-refractivity contribution is 5.73. The maximum Gasteiger partial charge on any atom is 0.269 e. The third-order valence-electron chi connectivity index (χ3n) is 3.38. The highest BCUT2D eigenvalue weighted by atomic mass is 16.7. The Hall–Kier alpha value is -3.06. The molecule has 0 aliphatic carbocycles. The van der Waals surface area contributed by atoms with Gasteiger partial charge in [-0.25, -0.2) is 0 Å². The fraction of sp³-hybridized carbons (Fsp3) is 0.222. The number of hydrogen-bond donors (Lipinski definition) is 0. The minimum absolute atomic E-state index is 0.0557. The summed E-state index contributed by atoms with van der Waals surface area (Å²) in [6.07, 6.45) is 3.69. The van der Waals surface area contributed by atoms with Gasteiger partial charge in [0, 0.05) is 19.2 Å². The van der Waals surface area contributed by atoms with Crippen LogP contribution in [-0.4, -0.2) is 33.0 Å². The number of benzene rings is 2. The summed E-state index contributed by atoms with van der Waals surface area (Å²) in [6, 6.07) is 9.88. The second-order valence-corrected chi connectivity index (χ2v) is 4.99. The number of methoxy groups -OCH3 is 3. The predicted octanol–water partition coefficient (Wildman–Crippen LogP) is 3.77. The molecule has 0 radical (unpaired) electrons. The van der Waals surface area contributed by atoms with Gasteiger partial charge in [0.05, 0.1) is 19.1 Å². The standard InChI is InChI=1S/C18H19NO6/c1-22-12-25-18-16(23-2)10-14(11-17(18)24-3)5-4-13-6-8-15(9-7-13)19(20)21/h4-11H,12H2,1-3H3. The van der Waals surface area contributed by atoms with Crippen molar-refractivity contribution >= 4 is 17.8 Å². The van der Waals surface area contributed by atoms with Gasteiger partial charge in [-0.05, 0) is 35.4 Å². The van der Waals surface area contributed by atoms with Crippen molar-refractivity contribution in [3.05, 3.63) is 57.6 Å². The molecule has 0 saturated heterocycles. The van der Waals surface area contributed by atoms with E-state index in [4.69, 9.17) is 18.9 Å². The number of ether oxygens (including phenoxy) is 4. The van der Waals surface area contributed by atoms with E-state index in [9.17, 15) is 10.1 Å². The number of hydrogen-bond acceptors (Lipinski definition) is 6. The van der Waals surface area contributed by atoms with Crippen LogP contribution in [0.2, 0.25) is 0 Å². The lowest BCUT2D eigenvalue weighted by molar-refractivity contribution is -0.384. The second kappa shape index (κ2) is 8.70. The molecule has 0 bridgehead atoms. The Kier molecular flexibility index (Phi) is 6.36. The van der Waals surface area contributed by atoms with Crippen LogP contribution < -0.4 is 14.2 Å². The van der Waals surface area contributed by atoms with Crippen molar-refractivity contribution in [2.45, 2.75) is 0 Å². The molecular formula is C18H19NO6. The zero-order valence-electron chi connectivity index (χ0n) is 14.2. The summed E-state index contributed by atoms with van der Waals surface area (Å²) < 4.78 is 21.1. The molecule has 0 heterocycles. The van der Waals surface area contributed by atoms with Gasteiger partial charge in [0.25, 0.3) is 5.69 Å². The smallest absolute Gasteiger partial charge is 0.269 e. The van der Waals surface area contributed by atoms with Gasteiger partial charge < -0.3 is 18.9 Å². The molecule has 132 valence electrons. The van der Waals surface area contributed by atoms with E-state index in [-0.39, 0.29) is 12.5 Å². The molecule has 0 saturated carbocycles. The largest absolute Gasteiger partial charge is 0.493 e. The van der Waals surface area contributed by atoms with Crippen LogP contribution >= 0.6 is 0 Å². The van der Waals surface area contributed by atoms with E-state index in [2.05, 4.69) is 0 Å². The summed E-state index contributed by atoms with van der Waals surface area (Å²) in [5.74, 6) is 1.49. The van der Waals surface area contributed by atoms with Gasteiger partial charge in [0.15, 0.2) is 18.3 Å². The van der Waals surface area contributed by atoms with E-state index >= 15 is 0 Å². The van der Waals surface area contributed by atoms with E-state index < -0.39 is 4.92 Å². The zero-order chi connectivity index (χ0) is 18.2. The zero-order valence-corrected chi connectivity index (χ0v) is 14.2. The van der Waals surface area contributed by atoms with Gasteiger partial charge in [-0.1, -0.05) is 12.2 Å². The summed E-state index contributed by atoms with van der Waals surface area (Å²) in [5.41, 5.74) is 1.72. The molecule has 0 N–H and O–H groups in total. The van der Waals surface area contributed by atoms with Crippen LogP contribution in [0.15, 0.2) is 36.4 Å². The van der Waals surface area contributed by atoms with E-state index in [1.807, 2.05) is 12.2 Å². The number of nitro benzene ring substituents is 1. The molecule has 7 heteroatoms. The van der Waals surface area contributed by atoms with Gasteiger partial charge in [-0.2, -0.15) is 0 Å². The molecule has 2 aromatic carbocycles. The summed E-state index contributed by atoms with van der Waals surface area (Å²) in [6.45, 7) is 0.0741. The first kappa shape index (κ1) is 18.3. The summed E-state index contributed by atoms with van der Waals surface area (Å²) in [5, 5.41) is 10.7. The highest BCUT2D eigenvalue weighted by Gasteiger charge is 2.13. The molecule has 25 heavy (non-hydrogen) atoms. The lowest BCUT2D eigenvalue weighted by Gasteiger charge is -2.14. The maximum absolute atomic E-state index is 10.7. The van der Waals surface area contributed by atoms with E-state index in [1.165, 1.54) is 33.5 Å². The van der Waals surface area contributed by atoms with Gasteiger partial charge >= 0.3 is 0 Å². The maximum atomic E-state index is 10.7. The SMILES string of the molecule is COCOc1c(OC)cc(C=Cc2ccc([N+](=O)[O-])cc2)cc1OC. The summed E-state index contributed by atoms with van der Waals surface area (Å²) >= 11 is 0. The minimum Gasteiger partial charge on any atom is -0.493 e. The molecular weight excluding hydrogens is 326 g/mol. The number of non-ortho nitro benzene ring substituents is 1. The van der Waals surface area contributed by atoms with E-state index in [1.54, 1.807) is 24.3 Å². The Balaban J connectivity index is 2.27. The molecule has 7 nitrogen and oxygen atoms in total. The van der Waals surface area contributed by atoms with Crippen LogP contribution in [0.3, 0.4) is 0 Å². The Morgan fingerprint density at radius 3 is 2.00 bits per heavy atom. The quantitative estimate of drug-likeness (QED) is 0.314. The number of nitrogens with zero attached hydrogens (tertiary/aromatic N) is 1. The molecule has 0 spiro atoms. The lowest BCUT2D eigenvalue weighted by Crippen LogP contribution is -2.03. The molecule has 0 fully saturated rings. The van der Waals surface area contributed by atoms with Crippen LogP contribution in [-0.2, 0) is 4.74 Å². The summed E-state index contributed by atoms with van der Waals surface area (Å²) in [4.78, 5) is 10.2. The van der Waals surface area contributed by atoms with Gasteiger partial charge in [0.2, 0.25) is 5.75 Å². The van der Waals surface area contributed by atoms with E-state index in [0.29, 0.717) is 17.2 Å². The Bertz CT molecular complexity index is 730. The van der Waals surface area contributed by atoms with Crippen molar-refractivity contribution in [3.8, 4) is 17.2 Å². The molecule has 0 amide bonds. The topological polar surface area (TPSA) is 80.1 Å². The van der Waals surface area contributed by atoms with Crippen molar-refractivity contribution in [1.82, 2.24) is 0 Å². The summed E-state index contributed by atoms with van der Waals surface area (Å²) in [7, 11) is 4.61.